The van der Waals surface area contributed by atoms with Gasteiger partial charge < -0.3 is 9.47 Å². The van der Waals surface area contributed by atoms with Gasteiger partial charge in [0, 0.05) is 32.9 Å². The van der Waals surface area contributed by atoms with E-state index in [0.29, 0.717) is 45.1 Å². The number of benzene rings is 1. The number of halogens is 1. The van der Waals surface area contributed by atoms with E-state index in [9.17, 15) is 12.8 Å². The van der Waals surface area contributed by atoms with Crippen LogP contribution in [0.3, 0.4) is 0 Å². The minimum Gasteiger partial charge on any atom is -0.382 e. The zero-order valence-electron chi connectivity index (χ0n) is 14.6. The molecule has 0 aliphatic carbocycles. The van der Waals surface area contributed by atoms with E-state index in [1.54, 1.807) is 6.07 Å². The quantitative estimate of drug-likeness (QED) is 0.722. The lowest BCUT2D eigenvalue weighted by Crippen LogP contribution is -2.49. The molecule has 1 aromatic carbocycles. The minimum absolute atomic E-state index is 0.244. The fourth-order valence-electron chi connectivity index (χ4n) is 4.01. The van der Waals surface area contributed by atoms with Gasteiger partial charge in [-0.1, -0.05) is 12.1 Å². The Kier molecular flexibility index (Phi) is 5.78. The molecule has 2 aliphatic heterocycles. The zero-order chi connectivity index (χ0) is 17.9. The van der Waals surface area contributed by atoms with Gasteiger partial charge in [0.2, 0.25) is 10.0 Å². The summed E-state index contributed by atoms with van der Waals surface area (Å²) in [6.45, 7) is 4.84. The van der Waals surface area contributed by atoms with Gasteiger partial charge >= 0.3 is 0 Å². The Bertz CT molecular complexity index is 686. The maximum absolute atomic E-state index is 13.9. The molecule has 2 aliphatic rings. The highest BCUT2D eigenvalue weighted by atomic mass is 32.2. The van der Waals surface area contributed by atoms with Crippen LogP contribution in [-0.4, -0.2) is 51.2 Å². The van der Waals surface area contributed by atoms with Crippen LogP contribution < -0.4 is 0 Å². The van der Waals surface area contributed by atoms with Crippen LogP contribution in [0.25, 0.3) is 0 Å². The van der Waals surface area contributed by atoms with E-state index < -0.39 is 15.8 Å². The summed E-state index contributed by atoms with van der Waals surface area (Å²) in [7, 11) is -3.80. The summed E-state index contributed by atoms with van der Waals surface area (Å²) in [4.78, 5) is -0.244. The van der Waals surface area contributed by atoms with E-state index in [-0.39, 0.29) is 10.5 Å². The monoisotopic (exact) mass is 371 g/mol. The van der Waals surface area contributed by atoms with Crippen LogP contribution >= 0.6 is 0 Å². The van der Waals surface area contributed by atoms with Crippen molar-refractivity contribution in [2.75, 3.05) is 32.9 Å². The molecular formula is C18H26FNO4S. The maximum atomic E-state index is 13.9. The number of piperidine rings is 1. The predicted octanol–water partition coefficient (Wildman–Crippen LogP) is 2.81. The van der Waals surface area contributed by atoms with Crippen LogP contribution in [0.2, 0.25) is 0 Å². The minimum atomic E-state index is -3.80. The lowest BCUT2D eigenvalue weighted by molar-refractivity contribution is -0.0611. The topological polar surface area (TPSA) is 55.8 Å². The van der Waals surface area contributed by atoms with Gasteiger partial charge in [0.05, 0.1) is 5.60 Å². The normalized spacial score (nSPS) is 24.0. The van der Waals surface area contributed by atoms with Crippen molar-refractivity contribution in [2.24, 2.45) is 5.92 Å². The van der Waals surface area contributed by atoms with Gasteiger partial charge in [-0.3, -0.25) is 0 Å². The van der Waals surface area contributed by atoms with Crippen molar-refractivity contribution in [3.63, 3.8) is 0 Å². The first-order valence-electron chi connectivity index (χ1n) is 8.96. The summed E-state index contributed by atoms with van der Waals surface area (Å²) >= 11 is 0. The number of hydrogen-bond donors (Lipinski definition) is 0. The molecule has 25 heavy (non-hydrogen) atoms. The van der Waals surface area contributed by atoms with Gasteiger partial charge in [-0.05, 0) is 50.7 Å². The highest BCUT2D eigenvalue weighted by Gasteiger charge is 2.47. The Labute approximate surface area is 149 Å². The molecule has 0 saturated carbocycles. The molecule has 0 unspecified atom stereocenters. The molecule has 2 fully saturated rings. The van der Waals surface area contributed by atoms with Gasteiger partial charge in [0.15, 0.2) is 0 Å². The molecular weight excluding hydrogens is 345 g/mol. The summed E-state index contributed by atoms with van der Waals surface area (Å²) in [5, 5.41) is 0. The second-order valence-electron chi connectivity index (χ2n) is 6.72. The molecule has 3 rings (SSSR count). The highest BCUT2D eigenvalue weighted by molar-refractivity contribution is 7.89. The summed E-state index contributed by atoms with van der Waals surface area (Å²) in [6, 6.07) is 5.55. The van der Waals surface area contributed by atoms with Crippen LogP contribution in [0.5, 0.6) is 0 Å². The predicted molar refractivity (Wildman–Crippen MR) is 92.3 cm³/mol. The Morgan fingerprint density at radius 3 is 2.72 bits per heavy atom. The molecule has 140 valence electrons. The standard InChI is InChI=1S/C18H26FNO4S/c1-2-23-13-7-15-8-14-24-18(15)9-11-20(12-10-18)25(21,22)17-6-4-3-5-16(17)19/h3-6,15H,2,7-14H2,1H3/t15-/m0/s1. The third kappa shape index (κ3) is 3.74. The molecule has 2 saturated heterocycles. The largest absolute Gasteiger partial charge is 0.382 e. The number of ether oxygens (including phenoxy) is 2. The van der Waals surface area contributed by atoms with Crippen LogP contribution in [-0.2, 0) is 19.5 Å². The smallest absolute Gasteiger partial charge is 0.245 e. The second kappa shape index (κ2) is 7.70. The van der Waals surface area contributed by atoms with Crippen LogP contribution in [0.15, 0.2) is 29.2 Å². The van der Waals surface area contributed by atoms with E-state index in [0.717, 1.165) is 19.4 Å². The molecule has 0 radical (unpaired) electrons. The van der Waals surface area contributed by atoms with Gasteiger partial charge in [-0.15, -0.1) is 0 Å². The summed E-state index contributed by atoms with van der Waals surface area (Å²) in [6.07, 6.45) is 3.23. The van der Waals surface area contributed by atoms with Gasteiger partial charge in [-0.25, -0.2) is 12.8 Å². The van der Waals surface area contributed by atoms with Crippen molar-refractivity contribution >= 4 is 10.0 Å². The molecule has 1 aromatic rings. The molecule has 1 atom stereocenters. The van der Waals surface area contributed by atoms with Crippen molar-refractivity contribution in [3.8, 4) is 0 Å². The summed E-state index contributed by atoms with van der Waals surface area (Å²) < 4.78 is 52.3. The maximum Gasteiger partial charge on any atom is 0.245 e. The van der Waals surface area contributed by atoms with Crippen molar-refractivity contribution in [1.82, 2.24) is 4.31 Å². The van der Waals surface area contributed by atoms with Gasteiger partial charge in [0.25, 0.3) is 0 Å². The molecule has 1 spiro atoms. The number of hydrogen-bond acceptors (Lipinski definition) is 4. The van der Waals surface area contributed by atoms with E-state index in [4.69, 9.17) is 9.47 Å². The van der Waals surface area contributed by atoms with Crippen molar-refractivity contribution in [2.45, 2.75) is 43.1 Å². The van der Waals surface area contributed by atoms with Crippen molar-refractivity contribution in [3.05, 3.63) is 30.1 Å². The third-order valence-corrected chi connectivity index (χ3v) is 7.37. The molecule has 0 aromatic heterocycles. The zero-order valence-corrected chi connectivity index (χ0v) is 15.4. The average Bonchev–Trinajstić information content (AvgIpc) is 2.98. The second-order valence-corrected chi connectivity index (χ2v) is 8.63. The van der Waals surface area contributed by atoms with Gasteiger partial charge in [0.1, 0.15) is 10.7 Å². The van der Waals surface area contributed by atoms with Gasteiger partial charge in [-0.2, -0.15) is 4.31 Å². The Hall–Kier alpha value is -1.02. The molecule has 5 nitrogen and oxygen atoms in total. The molecule has 7 heteroatoms. The lowest BCUT2D eigenvalue weighted by atomic mass is 9.78. The lowest BCUT2D eigenvalue weighted by Gasteiger charge is -2.41. The highest BCUT2D eigenvalue weighted by Crippen LogP contribution is 2.43. The average molecular weight is 371 g/mol. The molecule has 0 N–H and O–H groups in total. The number of rotatable bonds is 6. The summed E-state index contributed by atoms with van der Waals surface area (Å²) in [5.74, 6) is -0.299. The molecule has 0 bridgehead atoms. The first-order valence-corrected chi connectivity index (χ1v) is 10.4. The summed E-state index contributed by atoms with van der Waals surface area (Å²) in [5.41, 5.74) is -0.252. The fraction of sp³-hybridized carbons (Fsp3) is 0.667. The van der Waals surface area contributed by atoms with Crippen LogP contribution in [0, 0.1) is 11.7 Å². The first kappa shape index (κ1) is 18.8. The van der Waals surface area contributed by atoms with Crippen LogP contribution in [0.1, 0.15) is 32.6 Å². The SMILES string of the molecule is CCOCC[C@H]1CCOC12CCN(S(=O)(=O)c1ccccc1F)CC2. The fourth-order valence-corrected chi connectivity index (χ4v) is 5.52. The van der Waals surface area contributed by atoms with Crippen molar-refractivity contribution < 1.29 is 22.3 Å². The molecule has 0 amide bonds. The number of nitrogens with zero attached hydrogens (tertiary/aromatic N) is 1. The Balaban J connectivity index is 1.68. The number of sulfonamides is 1. The Morgan fingerprint density at radius 2 is 2.04 bits per heavy atom. The van der Waals surface area contributed by atoms with E-state index in [1.165, 1.54) is 22.5 Å². The van der Waals surface area contributed by atoms with Crippen molar-refractivity contribution in [1.29, 1.82) is 0 Å². The van der Waals surface area contributed by atoms with E-state index in [2.05, 4.69) is 0 Å². The van der Waals surface area contributed by atoms with E-state index in [1.807, 2.05) is 6.92 Å². The Morgan fingerprint density at radius 1 is 1.32 bits per heavy atom. The third-order valence-electron chi connectivity index (χ3n) is 5.44. The van der Waals surface area contributed by atoms with E-state index >= 15 is 0 Å². The molecule has 2 heterocycles. The van der Waals surface area contributed by atoms with Crippen LogP contribution in [0.4, 0.5) is 4.39 Å². The first-order chi connectivity index (χ1) is 12.0.